The van der Waals surface area contributed by atoms with Gasteiger partial charge in [-0.25, -0.2) is 9.67 Å². The highest BCUT2D eigenvalue weighted by Gasteiger charge is 2.20. The molecule has 0 fully saturated rings. The summed E-state index contributed by atoms with van der Waals surface area (Å²) in [6.45, 7) is 2.78. The Morgan fingerprint density at radius 3 is 2.76 bits per heavy atom. The number of nitrogens with one attached hydrogen (secondary N) is 2. The zero-order chi connectivity index (χ0) is 20.2. The van der Waals surface area contributed by atoms with Gasteiger partial charge in [-0.3, -0.25) is 20.4 Å². The second-order valence-corrected chi connectivity index (χ2v) is 6.90. The molecule has 29 heavy (non-hydrogen) atoms. The Morgan fingerprint density at radius 1 is 1.10 bits per heavy atom. The monoisotopic (exact) mass is 390 g/mol. The Hall–Kier alpha value is -3.68. The summed E-state index contributed by atoms with van der Waals surface area (Å²) in [7, 11) is 0. The molecule has 0 bridgehead atoms. The minimum Gasteiger partial charge on any atom is -0.362 e. The maximum absolute atomic E-state index is 12.5. The van der Waals surface area contributed by atoms with Gasteiger partial charge in [0.05, 0.1) is 24.0 Å². The first-order valence-corrected chi connectivity index (χ1v) is 9.51. The van der Waals surface area contributed by atoms with Crippen LogP contribution in [-0.2, 0) is 11.2 Å². The number of amides is 2. The number of benzene rings is 1. The number of fused-ring (bicyclic) bond motifs is 1. The SMILES string of the molecule is Cc1c(C(=O)NNC(=O)CN2CCCc3ccccc32)cnn1-c1ccccn1. The van der Waals surface area contributed by atoms with Gasteiger partial charge in [0.25, 0.3) is 11.8 Å². The first-order valence-electron chi connectivity index (χ1n) is 9.51. The van der Waals surface area contributed by atoms with Gasteiger partial charge >= 0.3 is 0 Å². The van der Waals surface area contributed by atoms with Crippen LogP contribution in [0.2, 0.25) is 0 Å². The molecule has 2 N–H and O–H groups in total. The van der Waals surface area contributed by atoms with Gasteiger partial charge in [0, 0.05) is 18.4 Å². The fraction of sp³-hybridized carbons (Fsp3) is 0.238. The van der Waals surface area contributed by atoms with Crippen LogP contribution in [0.15, 0.2) is 54.9 Å². The summed E-state index contributed by atoms with van der Waals surface area (Å²) in [5.41, 5.74) is 8.32. The highest BCUT2D eigenvalue weighted by molar-refractivity contribution is 5.96. The number of hydrazine groups is 1. The highest BCUT2D eigenvalue weighted by Crippen LogP contribution is 2.26. The van der Waals surface area contributed by atoms with Crippen LogP contribution < -0.4 is 15.8 Å². The van der Waals surface area contributed by atoms with Gasteiger partial charge in [-0.1, -0.05) is 24.3 Å². The molecule has 3 heterocycles. The largest absolute Gasteiger partial charge is 0.362 e. The van der Waals surface area contributed by atoms with E-state index in [1.54, 1.807) is 23.9 Å². The molecule has 0 saturated heterocycles. The van der Waals surface area contributed by atoms with Crippen LogP contribution >= 0.6 is 0 Å². The average Bonchev–Trinajstić information content (AvgIpc) is 3.14. The van der Waals surface area contributed by atoms with Crippen LogP contribution in [-0.4, -0.2) is 39.7 Å². The molecule has 2 aromatic heterocycles. The molecular formula is C21H22N6O2. The van der Waals surface area contributed by atoms with E-state index in [0.29, 0.717) is 17.1 Å². The predicted octanol–water partition coefficient (Wildman–Crippen LogP) is 1.79. The Morgan fingerprint density at radius 2 is 1.93 bits per heavy atom. The molecule has 1 aliphatic rings. The lowest BCUT2D eigenvalue weighted by molar-refractivity contribution is -0.120. The van der Waals surface area contributed by atoms with Crippen molar-refractivity contribution in [3.63, 3.8) is 0 Å². The molecule has 0 radical (unpaired) electrons. The fourth-order valence-electron chi connectivity index (χ4n) is 3.52. The third kappa shape index (κ3) is 3.96. The van der Waals surface area contributed by atoms with E-state index in [2.05, 4.69) is 27.0 Å². The fourth-order valence-corrected chi connectivity index (χ4v) is 3.52. The molecule has 1 aliphatic heterocycles. The molecule has 0 saturated carbocycles. The molecular weight excluding hydrogens is 368 g/mol. The molecule has 3 aromatic rings. The predicted molar refractivity (Wildman–Crippen MR) is 109 cm³/mol. The number of rotatable bonds is 4. The van der Waals surface area contributed by atoms with E-state index in [4.69, 9.17) is 0 Å². The molecule has 0 atom stereocenters. The Labute approximate surface area is 168 Å². The summed E-state index contributed by atoms with van der Waals surface area (Å²) < 4.78 is 1.58. The number of hydrogen-bond donors (Lipinski definition) is 2. The summed E-state index contributed by atoms with van der Waals surface area (Å²) in [6, 6.07) is 13.6. The molecule has 4 rings (SSSR count). The molecule has 0 spiro atoms. The van der Waals surface area contributed by atoms with Gasteiger partial charge in [0.1, 0.15) is 0 Å². The highest BCUT2D eigenvalue weighted by atomic mass is 16.2. The van der Waals surface area contributed by atoms with E-state index in [-0.39, 0.29) is 12.5 Å². The number of aromatic nitrogens is 3. The molecule has 1 aromatic carbocycles. The van der Waals surface area contributed by atoms with Crippen molar-refractivity contribution >= 4 is 17.5 Å². The molecule has 148 valence electrons. The summed E-state index contributed by atoms with van der Waals surface area (Å²) in [6.07, 6.45) is 5.15. The minimum atomic E-state index is -0.419. The lowest BCUT2D eigenvalue weighted by Crippen LogP contribution is -2.47. The standard InChI is InChI=1S/C21H22N6O2/c1-15-17(13-23-27(15)19-10-4-5-11-22-19)21(29)25-24-20(28)14-26-12-6-8-16-7-2-3-9-18(16)26/h2-5,7,9-11,13H,6,8,12,14H2,1H3,(H,24,28)(H,25,29). The van der Waals surface area contributed by atoms with Gasteiger partial charge in [0.2, 0.25) is 0 Å². The van der Waals surface area contributed by atoms with Gasteiger partial charge < -0.3 is 4.90 Å². The third-order valence-corrected chi connectivity index (χ3v) is 4.98. The van der Waals surface area contributed by atoms with Crippen LogP contribution in [0.4, 0.5) is 5.69 Å². The van der Waals surface area contributed by atoms with E-state index in [1.165, 1.54) is 11.8 Å². The van der Waals surface area contributed by atoms with Crippen molar-refractivity contribution in [2.24, 2.45) is 0 Å². The van der Waals surface area contributed by atoms with E-state index >= 15 is 0 Å². The number of hydrogen-bond acceptors (Lipinski definition) is 5. The summed E-state index contributed by atoms with van der Waals surface area (Å²) in [4.78, 5) is 31.1. The maximum atomic E-state index is 12.5. The lowest BCUT2D eigenvalue weighted by Gasteiger charge is -2.30. The van der Waals surface area contributed by atoms with E-state index in [1.807, 2.05) is 35.2 Å². The second-order valence-electron chi connectivity index (χ2n) is 6.90. The van der Waals surface area contributed by atoms with E-state index < -0.39 is 5.91 Å². The van der Waals surface area contributed by atoms with Crippen molar-refractivity contribution in [1.29, 1.82) is 0 Å². The van der Waals surface area contributed by atoms with Crippen LogP contribution in [0.25, 0.3) is 5.82 Å². The minimum absolute atomic E-state index is 0.184. The van der Waals surface area contributed by atoms with Crippen molar-refractivity contribution in [3.05, 3.63) is 71.7 Å². The van der Waals surface area contributed by atoms with Gasteiger partial charge in [-0.05, 0) is 43.5 Å². The zero-order valence-corrected chi connectivity index (χ0v) is 16.1. The lowest BCUT2D eigenvalue weighted by atomic mass is 10.0. The number of nitrogens with zero attached hydrogens (tertiary/aromatic N) is 4. The Balaban J connectivity index is 1.37. The van der Waals surface area contributed by atoms with Crippen molar-refractivity contribution in [2.45, 2.75) is 19.8 Å². The molecule has 8 heteroatoms. The zero-order valence-electron chi connectivity index (χ0n) is 16.1. The maximum Gasteiger partial charge on any atom is 0.273 e. The molecule has 2 amide bonds. The summed E-state index contributed by atoms with van der Waals surface area (Å²) in [5, 5.41) is 4.23. The van der Waals surface area contributed by atoms with Gasteiger partial charge in [-0.15, -0.1) is 0 Å². The number of carbonyl (C=O) groups excluding carboxylic acids is 2. The topological polar surface area (TPSA) is 92.2 Å². The summed E-state index contributed by atoms with van der Waals surface area (Å²) >= 11 is 0. The van der Waals surface area contributed by atoms with Crippen LogP contribution in [0.3, 0.4) is 0 Å². The molecule has 8 nitrogen and oxygen atoms in total. The number of carbonyl (C=O) groups is 2. The van der Waals surface area contributed by atoms with Crippen LogP contribution in [0, 0.1) is 6.92 Å². The van der Waals surface area contributed by atoms with E-state index in [0.717, 1.165) is 25.1 Å². The third-order valence-electron chi connectivity index (χ3n) is 4.98. The first-order chi connectivity index (χ1) is 14.1. The molecule has 0 aliphatic carbocycles. The van der Waals surface area contributed by atoms with Crippen molar-refractivity contribution in [1.82, 2.24) is 25.6 Å². The smallest absolute Gasteiger partial charge is 0.273 e. The van der Waals surface area contributed by atoms with E-state index in [9.17, 15) is 9.59 Å². The number of aryl methyl sites for hydroxylation is 1. The quantitative estimate of drug-likeness (QED) is 0.663. The molecule has 0 unspecified atom stereocenters. The van der Waals surface area contributed by atoms with Crippen molar-refractivity contribution < 1.29 is 9.59 Å². The van der Waals surface area contributed by atoms with Crippen molar-refractivity contribution in [3.8, 4) is 5.82 Å². The van der Waals surface area contributed by atoms with Gasteiger partial charge in [-0.2, -0.15) is 5.10 Å². The second kappa shape index (κ2) is 8.14. The number of pyridine rings is 1. The number of para-hydroxylation sites is 1. The van der Waals surface area contributed by atoms with Gasteiger partial charge in [0.15, 0.2) is 5.82 Å². The Bertz CT molecular complexity index is 1030. The summed E-state index contributed by atoms with van der Waals surface area (Å²) in [5.74, 6) is -0.0706. The first kappa shape index (κ1) is 18.7. The number of anilines is 1. The van der Waals surface area contributed by atoms with Crippen molar-refractivity contribution in [2.75, 3.05) is 18.0 Å². The Kier molecular flexibility index (Phi) is 5.24. The van der Waals surface area contributed by atoms with Crippen LogP contribution in [0.5, 0.6) is 0 Å². The normalized spacial score (nSPS) is 12.9. The average molecular weight is 390 g/mol. The van der Waals surface area contributed by atoms with Crippen LogP contribution in [0.1, 0.15) is 28.0 Å².